The lowest BCUT2D eigenvalue weighted by molar-refractivity contribution is -0.116. The molecule has 0 aliphatic rings. The lowest BCUT2D eigenvalue weighted by Crippen LogP contribution is -2.45. The van der Waals surface area contributed by atoms with Crippen LogP contribution in [0, 0.1) is 6.92 Å². The monoisotopic (exact) mass is 508 g/mol. The Morgan fingerprint density at radius 2 is 1.57 bits per heavy atom. The number of anilines is 2. The van der Waals surface area contributed by atoms with Crippen molar-refractivity contribution in [2.45, 2.75) is 19.9 Å². The zero-order valence-electron chi connectivity index (χ0n) is 19.4. The molecule has 3 aromatic carbocycles. The molecular weight excluding hydrogens is 484 g/mol. The summed E-state index contributed by atoms with van der Waals surface area (Å²) in [7, 11) is -3.77. The van der Waals surface area contributed by atoms with Gasteiger partial charge in [0, 0.05) is 5.56 Å². The molecule has 1 atom stereocenters. The zero-order valence-corrected chi connectivity index (χ0v) is 21.0. The largest absolute Gasteiger partial charge is 0.457 e. The Balaban J connectivity index is 1.49. The third kappa shape index (κ3) is 6.03. The minimum Gasteiger partial charge on any atom is -0.457 e. The maximum absolute atomic E-state index is 13.0. The molecule has 1 unspecified atom stereocenters. The third-order valence-corrected chi connectivity index (χ3v) is 7.24. The van der Waals surface area contributed by atoms with Crippen molar-refractivity contribution in [2.75, 3.05) is 15.9 Å². The molecule has 0 aliphatic carbocycles. The van der Waals surface area contributed by atoms with Crippen LogP contribution in [0.2, 0.25) is 0 Å². The summed E-state index contributed by atoms with van der Waals surface area (Å²) in [6.45, 7) is 3.51. The fraction of sp³-hybridized carbons (Fsp3) is 0.160. The molecule has 180 valence electrons. The molecule has 4 aromatic rings. The van der Waals surface area contributed by atoms with Crippen LogP contribution in [-0.4, -0.2) is 36.8 Å². The van der Waals surface area contributed by atoms with Crippen LogP contribution in [0.15, 0.2) is 78.9 Å². The summed E-state index contributed by atoms with van der Waals surface area (Å²) in [6.07, 6.45) is 1.06. The molecular formula is C25H24N4O4S2. The lowest BCUT2D eigenvalue weighted by atomic mass is 10.2. The summed E-state index contributed by atoms with van der Waals surface area (Å²) >= 11 is 1.22. The molecule has 1 heterocycles. The second kappa shape index (κ2) is 10.2. The second-order valence-electron chi connectivity index (χ2n) is 7.91. The van der Waals surface area contributed by atoms with E-state index in [2.05, 4.69) is 15.5 Å². The molecule has 4 rings (SSSR count). The van der Waals surface area contributed by atoms with Gasteiger partial charge in [-0.05, 0) is 50.2 Å². The number of sulfonamides is 1. The predicted octanol–water partition coefficient (Wildman–Crippen LogP) is 5.10. The normalized spacial score (nSPS) is 12.1. The molecule has 1 aromatic heterocycles. The van der Waals surface area contributed by atoms with Crippen LogP contribution in [-0.2, 0) is 14.8 Å². The van der Waals surface area contributed by atoms with E-state index in [1.807, 2.05) is 61.5 Å². The van der Waals surface area contributed by atoms with Gasteiger partial charge in [-0.2, -0.15) is 0 Å². The van der Waals surface area contributed by atoms with Gasteiger partial charge in [0.1, 0.15) is 22.5 Å². The van der Waals surface area contributed by atoms with Crippen LogP contribution in [0.5, 0.6) is 11.5 Å². The number of rotatable bonds is 8. The highest BCUT2D eigenvalue weighted by Crippen LogP contribution is 2.29. The summed E-state index contributed by atoms with van der Waals surface area (Å²) in [5.41, 5.74) is 2.35. The molecule has 0 fully saturated rings. The van der Waals surface area contributed by atoms with Gasteiger partial charge in [-0.3, -0.25) is 14.4 Å². The van der Waals surface area contributed by atoms with Crippen LogP contribution in [0.1, 0.15) is 12.5 Å². The molecule has 0 radical (unpaired) electrons. The number of benzene rings is 3. The molecule has 0 saturated heterocycles. The number of hydrogen-bond acceptors (Lipinski definition) is 7. The first-order valence-electron chi connectivity index (χ1n) is 10.7. The fourth-order valence-corrected chi connectivity index (χ4v) is 5.32. The van der Waals surface area contributed by atoms with Crippen LogP contribution in [0.3, 0.4) is 0 Å². The van der Waals surface area contributed by atoms with Crippen molar-refractivity contribution < 1.29 is 17.9 Å². The van der Waals surface area contributed by atoms with Crippen molar-refractivity contribution in [3.63, 3.8) is 0 Å². The van der Waals surface area contributed by atoms with E-state index in [4.69, 9.17) is 4.74 Å². The van der Waals surface area contributed by atoms with E-state index in [1.54, 1.807) is 24.3 Å². The number of hydrogen-bond donors (Lipinski definition) is 1. The summed E-state index contributed by atoms with van der Waals surface area (Å²) in [4.78, 5) is 13.0. The number of nitrogens with one attached hydrogen (secondary N) is 1. The predicted molar refractivity (Wildman–Crippen MR) is 138 cm³/mol. The van der Waals surface area contributed by atoms with E-state index >= 15 is 0 Å². The lowest BCUT2D eigenvalue weighted by Gasteiger charge is -2.28. The van der Waals surface area contributed by atoms with E-state index in [-0.39, 0.29) is 5.13 Å². The van der Waals surface area contributed by atoms with E-state index in [1.165, 1.54) is 18.3 Å². The second-order valence-corrected chi connectivity index (χ2v) is 10.7. The molecule has 0 saturated carbocycles. The van der Waals surface area contributed by atoms with Crippen LogP contribution >= 0.6 is 11.3 Å². The Kier molecular flexibility index (Phi) is 7.13. The average Bonchev–Trinajstić information content (AvgIpc) is 3.29. The van der Waals surface area contributed by atoms with Gasteiger partial charge >= 0.3 is 0 Å². The van der Waals surface area contributed by atoms with Crippen molar-refractivity contribution in [2.24, 2.45) is 0 Å². The van der Waals surface area contributed by atoms with Gasteiger partial charge in [-0.15, -0.1) is 10.2 Å². The maximum Gasteiger partial charge on any atom is 0.249 e. The molecule has 0 spiro atoms. The highest BCUT2D eigenvalue weighted by atomic mass is 32.2. The van der Waals surface area contributed by atoms with Crippen LogP contribution < -0.4 is 14.4 Å². The minimum atomic E-state index is -3.77. The Morgan fingerprint density at radius 3 is 2.20 bits per heavy atom. The van der Waals surface area contributed by atoms with E-state index in [0.29, 0.717) is 22.2 Å². The zero-order chi connectivity index (χ0) is 25.0. The average molecular weight is 509 g/mol. The first-order chi connectivity index (χ1) is 16.7. The van der Waals surface area contributed by atoms with E-state index < -0.39 is 22.0 Å². The fourth-order valence-electron chi connectivity index (χ4n) is 3.39. The van der Waals surface area contributed by atoms with Crippen molar-refractivity contribution in [3.8, 4) is 22.1 Å². The standard InChI is InChI=1S/C25H24N4O4S2/c1-17-9-11-19(12-10-17)24-27-28-25(34-24)26-23(30)18(2)29(35(3,31)32)20-13-15-22(16-14-20)33-21-7-5-4-6-8-21/h4-16,18H,1-3H3,(H,26,28,30). The van der Waals surface area contributed by atoms with Crippen LogP contribution in [0.25, 0.3) is 10.6 Å². The smallest absolute Gasteiger partial charge is 0.249 e. The molecule has 1 N–H and O–H groups in total. The Hall–Kier alpha value is -3.76. The topological polar surface area (TPSA) is 101 Å². The molecule has 0 aliphatic heterocycles. The number of carbonyl (C=O) groups excluding carboxylic acids is 1. The first kappa shape index (κ1) is 24.4. The molecule has 35 heavy (non-hydrogen) atoms. The van der Waals surface area contributed by atoms with Crippen LogP contribution in [0.4, 0.5) is 10.8 Å². The first-order valence-corrected chi connectivity index (χ1v) is 13.4. The molecule has 10 heteroatoms. The van der Waals surface area contributed by atoms with Crippen molar-refractivity contribution in [3.05, 3.63) is 84.4 Å². The highest BCUT2D eigenvalue weighted by molar-refractivity contribution is 7.92. The molecule has 8 nitrogen and oxygen atoms in total. The van der Waals surface area contributed by atoms with Gasteiger partial charge in [0.05, 0.1) is 11.9 Å². The van der Waals surface area contributed by atoms with Gasteiger partial charge in [0.15, 0.2) is 0 Å². The summed E-state index contributed by atoms with van der Waals surface area (Å²) in [5, 5.41) is 11.8. The number of nitrogens with zero attached hydrogens (tertiary/aromatic N) is 3. The van der Waals surface area contributed by atoms with Gasteiger partial charge in [-0.25, -0.2) is 8.42 Å². The van der Waals surface area contributed by atoms with E-state index in [0.717, 1.165) is 21.7 Å². The Morgan fingerprint density at radius 1 is 0.943 bits per heavy atom. The maximum atomic E-state index is 13.0. The van der Waals surface area contributed by atoms with Crippen molar-refractivity contribution in [1.82, 2.24) is 10.2 Å². The number of amides is 1. The minimum absolute atomic E-state index is 0.289. The quantitative estimate of drug-likeness (QED) is 0.355. The van der Waals surface area contributed by atoms with Gasteiger partial charge in [0.25, 0.3) is 0 Å². The Labute approximate surface area is 208 Å². The van der Waals surface area contributed by atoms with Gasteiger partial charge < -0.3 is 4.74 Å². The number of aromatic nitrogens is 2. The Bertz CT molecular complexity index is 1400. The molecule has 1 amide bonds. The number of para-hydroxylation sites is 1. The molecule has 0 bridgehead atoms. The van der Waals surface area contributed by atoms with Crippen molar-refractivity contribution in [1.29, 1.82) is 0 Å². The van der Waals surface area contributed by atoms with Gasteiger partial charge in [-0.1, -0.05) is 59.4 Å². The third-order valence-electron chi connectivity index (χ3n) is 5.11. The highest BCUT2D eigenvalue weighted by Gasteiger charge is 2.30. The summed E-state index contributed by atoms with van der Waals surface area (Å²) in [6, 6.07) is 22.5. The van der Waals surface area contributed by atoms with E-state index in [9.17, 15) is 13.2 Å². The number of ether oxygens (including phenoxy) is 1. The number of carbonyl (C=O) groups is 1. The van der Waals surface area contributed by atoms with Gasteiger partial charge in [0.2, 0.25) is 21.1 Å². The SMILES string of the molecule is Cc1ccc(-c2nnc(NC(=O)C(C)N(c3ccc(Oc4ccccc4)cc3)S(C)(=O)=O)s2)cc1. The summed E-state index contributed by atoms with van der Waals surface area (Å²) in [5.74, 6) is 0.685. The van der Waals surface area contributed by atoms with Crippen molar-refractivity contribution >= 4 is 38.1 Å². The number of aryl methyl sites for hydroxylation is 1. The summed E-state index contributed by atoms with van der Waals surface area (Å²) < 4.78 is 32.1.